The van der Waals surface area contributed by atoms with Gasteiger partial charge in [-0.1, -0.05) is 63.6 Å². The molecule has 7 heteroatoms. The molecule has 1 atom stereocenters. The minimum absolute atomic E-state index is 0. The molecule has 0 aromatic heterocycles. The Morgan fingerprint density at radius 2 is 1.38 bits per heavy atom. The molecule has 174 valence electrons. The van der Waals surface area contributed by atoms with Gasteiger partial charge in [-0.2, -0.15) is 8.42 Å². The second kappa shape index (κ2) is 9.32. The van der Waals surface area contributed by atoms with Gasteiger partial charge in [-0.25, -0.2) is 4.18 Å². The molecule has 0 amide bonds. The van der Waals surface area contributed by atoms with Crippen LogP contribution in [0.5, 0.6) is 11.5 Å². The fraction of sp³-hybridized carbons (Fsp3) is 0.333. The number of phenolic OH excluding ortho intramolecular Hbond substituents is 1. The zero-order valence-electron chi connectivity index (χ0n) is 20.8. The Labute approximate surface area is 224 Å². The molecule has 0 spiro atoms. The number of fused-ring (bicyclic) bond motifs is 1. The summed E-state index contributed by atoms with van der Waals surface area (Å²) in [5.74, 6) is 0.0335. The van der Waals surface area contributed by atoms with Crippen molar-refractivity contribution in [1.82, 2.24) is 0 Å². The molecule has 0 saturated heterocycles. The van der Waals surface area contributed by atoms with E-state index in [1.165, 1.54) is 0 Å². The molecule has 0 fully saturated rings. The van der Waals surface area contributed by atoms with Crippen molar-refractivity contribution in [2.75, 3.05) is 0 Å². The molecule has 1 aliphatic rings. The number of aryl methyl sites for hydroxylation is 2. The van der Waals surface area contributed by atoms with Gasteiger partial charge >= 0.3 is 29.6 Å². The van der Waals surface area contributed by atoms with Crippen LogP contribution >= 0.6 is 0 Å². The first kappa shape index (κ1) is 26.8. The first-order chi connectivity index (χ1) is 15.4. The summed E-state index contributed by atoms with van der Waals surface area (Å²) in [6.45, 7) is 11.4. The van der Waals surface area contributed by atoms with Crippen LogP contribution in [-0.4, -0.2) is 13.5 Å². The van der Waals surface area contributed by atoms with E-state index >= 15 is 0 Å². The first-order valence-corrected chi connectivity index (χ1v) is 12.5. The maximum atomic E-state index is 13.3. The predicted octanol–water partition coefficient (Wildman–Crippen LogP) is 2.34. The largest absolute Gasteiger partial charge is 1.00 e. The Bertz CT molecular complexity index is 1300. The van der Waals surface area contributed by atoms with Gasteiger partial charge in [0, 0.05) is 5.56 Å². The van der Waals surface area contributed by atoms with Crippen LogP contribution in [0.4, 0.5) is 0 Å². The summed E-state index contributed by atoms with van der Waals surface area (Å²) < 4.78 is 32.6. The van der Waals surface area contributed by atoms with E-state index in [1.54, 1.807) is 49.4 Å². The monoisotopic (exact) mass is 488 g/mol. The molecule has 4 rings (SSSR count). The van der Waals surface area contributed by atoms with Crippen LogP contribution < -0.4 is 34.7 Å². The average molecular weight is 489 g/mol. The van der Waals surface area contributed by atoms with Crippen molar-refractivity contribution in [3.05, 3.63) is 87.5 Å². The van der Waals surface area contributed by atoms with Crippen LogP contribution in [0.2, 0.25) is 0 Å². The van der Waals surface area contributed by atoms with E-state index in [-0.39, 0.29) is 57.8 Å². The molecule has 3 aromatic rings. The molecule has 1 N–H and O–H groups in total. The molecule has 1 aliphatic heterocycles. The zero-order valence-corrected chi connectivity index (χ0v) is 23.6. The molecule has 1 heterocycles. The van der Waals surface area contributed by atoms with Gasteiger partial charge in [0.25, 0.3) is 10.1 Å². The molecule has 0 aliphatic carbocycles. The van der Waals surface area contributed by atoms with E-state index in [9.17, 15) is 18.6 Å². The Morgan fingerprint density at radius 1 is 0.853 bits per heavy atom. The van der Waals surface area contributed by atoms with Crippen molar-refractivity contribution >= 4 is 10.1 Å². The predicted molar refractivity (Wildman–Crippen MR) is 126 cm³/mol. The third-order valence-corrected chi connectivity index (χ3v) is 7.87. The van der Waals surface area contributed by atoms with Crippen LogP contribution in [0.25, 0.3) is 0 Å². The average Bonchev–Trinajstić information content (AvgIpc) is 2.96. The molecule has 5 nitrogen and oxygen atoms in total. The van der Waals surface area contributed by atoms with Crippen LogP contribution in [0.1, 0.15) is 78.5 Å². The quantitative estimate of drug-likeness (QED) is 0.450. The molecule has 0 radical (unpaired) electrons. The Morgan fingerprint density at radius 3 is 1.97 bits per heavy atom. The van der Waals surface area contributed by atoms with Gasteiger partial charge in [0.1, 0.15) is 10.6 Å². The summed E-state index contributed by atoms with van der Waals surface area (Å²) in [5.41, 5.74) is 2.92. The molecule has 0 saturated carbocycles. The van der Waals surface area contributed by atoms with Gasteiger partial charge in [0.15, 0.2) is 5.60 Å². The summed E-state index contributed by atoms with van der Waals surface area (Å²) >= 11 is 0. The van der Waals surface area contributed by atoms with Crippen LogP contribution in [0.3, 0.4) is 0 Å². The van der Waals surface area contributed by atoms with Crippen LogP contribution in [0, 0.1) is 13.8 Å². The number of phenols is 1. The number of hydrogen-bond acceptors (Lipinski definition) is 5. The third kappa shape index (κ3) is 4.10. The zero-order chi connectivity index (χ0) is 24.3. The second-order valence-electron chi connectivity index (χ2n) is 9.46. The van der Waals surface area contributed by atoms with Gasteiger partial charge in [-0.3, -0.25) is 0 Å². The SMILES string of the molecule is Cc1cc([O-])c(C(C)C)cc1C1(c2cc(C(C)C)c(O)cc2C)OS(=O)(=O)c2ccccc21.[Na+]. The molecule has 1 unspecified atom stereocenters. The van der Waals surface area contributed by atoms with Crippen molar-refractivity contribution in [3.63, 3.8) is 0 Å². The molecule has 3 aromatic carbocycles. The Balaban J connectivity index is 0.00000324. The summed E-state index contributed by atoms with van der Waals surface area (Å²) in [7, 11) is -4.07. The smallest absolute Gasteiger partial charge is 0.872 e. The van der Waals surface area contributed by atoms with E-state index in [1.807, 2.05) is 40.7 Å². The van der Waals surface area contributed by atoms with Crippen LogP contribution in [-0.2, 0) is 19.9 Å². The topological polar surface area (TPSA) is 86.7 Å². The van der Waals surface area contributed by atoms with Crippen molar-refractivity contribution in [1.29, 1.82) is 0 Å². The Kier molecular flexibility index (Phi) is 7.34. The van der Waals surface area contributed by atoms with Gasteiger partial charge in [-0.05, 0) is 71.7 Å². The van der Waals surface area contributed by atoms with Crippen molar-refractivity contribution in [3.8, 4) is 11.5 Å². The maximum absolute atomic E-state index is 13.3. The van der Waals surface area contributed by atoms with E-state index in [2.05, 4.69) is 0 Å². The van der Waals surface area contributed by atoms with Crippen molar-refractivity contribution < 1.29 is 52.4 Å². The molecular formula is C27H29NaO5S. The van der Waals surface area contributed by atoms with Crippen LogP contribution in [0.15, 0.2) is 53.4 Å². The Hall–Kier alpha value is -1.83. The van der Waals surface area contributed by atoms with Crippen molar-refractivity contribution in [2.24, 2.45) is 0 Å². The number of rotatable bonds is 4. The standard InChI is InChI=1S/C27H30O5S.Na/c1-15(2)19-13-22(17(5)11-24(19)28)27(21-9-7-8-10-26(21)33(30,31)32-27)23-14-20(16(3)4)25(29)12-18(23)6;/h7-16,28-29H,1-6H3;/q;+1/p-1. The normalized spacial score (nSPS) is 18.7. The van der Waals surface area contributed by atoms with E-state index in [4.69, 9.17) is 4.18 Å². The molecular weight excluding hydrogens is 459 g/mol. The summed E-state index contributed by atoms with van der Waals surface area (Å²) in [6.07, 6.45) is 0. The minimum atomic E-state index is -4.07. The first-order valence-electron chi connectivity index (χ1n) is 11.1. The minimum Gasteiger partial charge on any atom is -0.872 e. The van der Waals surface area contributed by atoms with Gasteiger partial charge in [-0.15, -0.1) is 5.75 Å². The maximum Gasteiger partial charge on any atom is 1.00 e. The second-order valence-corrected chi connectivity index (χ2v) is 11.0. The van der Waals surface area contributed by atoms with Gasteiger partial charge in [0.05, 0.1) is 0 Å². The fourth-order valence-corrected chi connectivity index (χ4v) is 6.25. The number of hydrogen-bond donors (Lipinski definition) is 1. The van der Waals surface area contributed by atoms with E-state index in [0.29, 0.717) is 38.9 Å². The van der Waals surface area contributed by atoms with Crippen molar-refractivity contribution in [2.45, 2.75) is 63.9 Å². The van der Waals surface area contributed by atoms with Gasteiger partial charge < -0.3 is 10.2 Å². The molecule has 0 bridgehead atoms. The summed E-state index contributed by atoms with van der Waals surface area (Å²) in [5, 5.41) is 23.3. The summed E-state index contributed by atoms with van der Waals surface area (Å²) in [4.78, 5) is 0.111. The fourth-order valence-electron chi connectivity index (χ4n) is 4.83. The number of benzene rings is 3. The van der Waals surface area contributed by atoms with Gasteiger partial charge in [0.2, 0.25) is 0 Å². The molecule has 34 heavy (non-hydrogen) atoms. The number of aromatic hydroxyl groups is 1. The summed E-state index contributed by atoms with van der Waals surface area (Å²) in [6, 6.07) is 13.6. The van der Waals surface area contributed by atoms with E-state index < -0.39 is 15.7 Å². The van der Waals surface area contributed by atoms with E-state index in [0.717, 1.165) is 0 Å². The third-order valence-electron chi connectivity index (χ3n) is 6.50.